The number of nitrogens with one attached hydrogen (secondary N) is 1. The first-order valence-electron chi connectivity index (χ1n) is 8.78. The third kappa shape index (κ3) is 3.18. The first-order valence-corrected chi connectivity index (χ1v) is 8.78. The van der Waals surface area contributed by atoms with Gasteiger partial charge in [-0.3, -0.25) is 15.1 Å². The highest BCUT2D eigenvalue weighted by Crippen LogP contribution is 2.29. The minimum atomic E-state index is -0.260. The lowest BCUT2D eigenvalue weighted by atomic mass is 10.2. The number of imidazole rings is 1. The molecular weight excluding hydrogens is 326 g/mol. The summed E-state index contributed by atoms with van der Waals surface area (Å²) in [5, 5.41) is 2.97. The van der Waals surface area contributed by atoms with Crippen molar-refractivity contribution in [1.29, 1.82) is 0 Å². The van der Waals surface area contributed by atoms with Crippen molar-refractivity contribution in [3.63, 3.8) is 0 Å². The second-order valence-corrected chi connectivity index (χ2v) is 6.47. The fraction of sp³-hybridized carbons (Fsp3) is 0.250. The van der Waals surface area contributed by atoms with Crippen molar-refractivity contribution in [2.24, 2.45) is 0 Å². The van der Waals surface area contributed by atoms with Gasteiger partial charge in [-0.1, -0.05) is 18.2 Å². The number of benzene rings is 1. The Morgan fingerprint density at radius 2 is 2.00 bits per heavy atom. The van der Waals surface area contributed by atoms with E-state index in [1.54, 1.807) is 18.6 Å². The van der Waals surface area contributed by atoms with E-state index in [0.29, 0.717) is 12.5 Å². The highest BCUT2D eigenvalue weighted by atomic mass is 16.2. The molecule has 6 heteroatoms. The van der Waals surface area contributed by atoms with Crippen molar-refractivity contribution in [3.8, 4) is 0 Å². The van der Waals surface area contributed by atoms with Gasteiger partial charge in [-0.25, -0.2) is 4.98 Å². The number of carbonyl (C=O) groups is 1. The van der Waals surface area contributed by atoms with Gasteiger partial charge in [0.1, 0.15) is 6.04 Å². The number of hydrogen-bond acceptors (Lipinski definition) is 4. The van der Waals surface area contributed by atoms with E-state index in [4.69, 9.17) is 0 Å². The molecule has 132 valence electrons. The van der Waals surface area contributed by atoms with Gasteiger partial charge in [-0.15, -0.1) is 0 Å². The SMILES string of the molecule is CC(C(=O)Nc1nccn1Cc1ccncc1)N1CCc2ccccc21. The van der Waals surface area contributed by atoms with Crippen LogP contribution in [-0.4, -0.2) is 33.0 Å². The monoisotopic (exact) mass is 347 g/mol. The average Bonchev–Trinajstić information content (AvgIpc) is 3.29. The number of carbonyl (C=O) groups excluding carboxylic acids is 1. The van der Waals surface area contributed by atoms with Crippen molar-refractivity contribution in [2.45, 2.75) is 25.9 Å². The van der Waals surface area contributed by atoms with E-state index in [-0.39, 0.29) is 11.9 Å². The number of para-hydroxylation sites is 1. The molecule has 4 rings (SSSR count). The second-order valence-electron chi connectivity index (χ2n) is 6.47. The van der Waals surface area contributed by atoms with Crippen LogP contribution in [0.15, 0.2) is 61.2 Å². The standard InChI is InChI=1S/C20H21N5O/c1-15(25-12-8-17-4-2-3-5-18(17)25)19(26)23-20-22-11-13-24(20)14-16-6-9-21-10-7-16/h2-7,9-11,13,15H,8,12,14H2,1H3,(H,22,23,26). The second kappa shape index (κ2) is 7.00. The van der Waals surface area contributed by atoms with Gasteiger partial charge in [0.2, 0.25) is 11.9 Å². The number of amides is 1. The Kier molecular flexibility index (Phi) is 4.39. The highest BCUT2D eigenvalue weighted by molar-refractivity contribution is 5.95. The summed E-state index contributed by atoms with van der Waals surface area (Å²) in [5.74, 6) is 0.509. The molecule has 0 fully saturated rings. The topological polar surface area (TPSA) is 63.1 Å². The Balaban J connectivity index is 1.47. The van der Waals surface area contributed by atoms with Gasteiger partial charge < -0.3 is 9.47 Å². The van der Waals surface area contributed by atoms with Gasteiger partial charge in [0.15, 0.2) is 0 Å². The van der Waals surface area contributed by atoms with Crippen LogP contribution in [0.25, 0.3) is 0 Å². The lowest BCUT2D eigenvalue weighted by Gasteiger charge is -2.26. The highest BCUT2D eigenvalue weighted by Gasteiger charge is 2.28. The number of nitrogens with zero attached hydrogens (tertiary/aromatic N) is 4. The summed E-state index contributed by atoms with van der Waals surface area (Å²) >= 11 is 0. The maximum atomic E-state index is 12.8. The molecule has 26 heavy (non-hydrogen) atoms. The maximum Gasteiger partial charge on any atom is 0.249 e. The van der Waals surface area contributed by atoms with Gasteiger partial charge in [0, 0.05) is 37.0 Å². The molecule has 1 N–H and O–H groups in total. The lowest BCUT2D eigenvalue weighted by molar-refractivity contribution is -0.117. The Labute approximate surface area is 152 Å². The summed E-state index contributed by atoms with van der Waals surface area (Å²) in [6.45, 7) is 3.44. The number of rotatable bonds is 5. The number of hydrogen-bond donors (Lipinski definition) is 1. The fourth-order valence-electron chi connectivity index (χ4n) is 3.37. The maximum absolute atomic E-state index is 12.8. The van der Waals surface area contributed by atoms with Crippen molar-refractivity contribution >= 4 is 17.5 Å². The molecule has 1 aromatic carbocycles. The molecule has 1 aliphatic heterocycles. The third-order valence-electron chi connectivity index (χ3n) is 4.82. The fourth-order valence-corrected chi connectivity index (χ4v) is 3.37. The zero-order valence-electron chi connectivity index (χ0n) is 14.7. The first-order chi connectivity index (χ1) is 12.7. The first kappa shape index (κ1) is 16.3. The largest absolute Gasteiger partial charge is 0.359 e. The summed E-state index contributed by atoms with van der Waals surface area (Å²) in [6.07, 6.45) is 8.07. The molecule has 1 aliphatic rings. The summed E-state index contributed by atoms with van der Waals surface area (Å²) in [6, 6.07) is 11.9. The van der Waals surface area contributed by atoms with E-state index in [1.807, 2.05) is 42.0 Å². The van der Waals surface area contributed by atoms with E-state index in [0.717, 1.165) is 24.2 Å². The summed E-state index contributed by atoms with van der Waals surface area (Å²) in [7, 11) is 0. The third-order valence-corrected chi connectivity index (χ3v) is 4.82. The molecule has 0 radical (unpaired) electrons. The van der Waals surface area contributed by atoms with E-state index in [1.165, 1.54) is 5.56 Å². The van der Waals surface area contributed by atoms with Crippen LogP contribution in [0.2, 0.25) is 0 Å². The predicted octanol–water partition coefficient (Wildman–Crippen LogP) is 2.72. The Morgan fingerprint density at radius 3 is 2.85 bits per heavy atom. The summed E-state index contributed by atoms with van der Waals surface area (Å²) in [4.78, 5) is 23.3. The molecule has 0 spiro atoms. The molecule has 3 aromatic rings. The summed E-state index contributed by atoms with van der Waals surface area (Å²) < 4.78 is 1.93. The van der Waals surface area contributed by atoms with E-state index >= 15 is 0 Å². The number of anilines is 2. The van der Waals surface area contributed by atoms with E-state index in [2.05, 4.69) is 32.3 Å². The van der Waals surface area contributed by atoms with Crippen molar-refractivity contribution in [1.82, 2.24) is 14.5 Å². The average molecular weight is 347 g/mol. The van der Waals surface area contributed by atoms with Gasteiger partial charge in [0.05, 0.1) is 6.54 Å². The number of fused-ring (bicyclic) bond motifs is 1. The molecule has 3 heterocycles. The Bertz CT molecular complexity index is 905. The normalized spacial score (nSPS) is 14.1. The van der Waals surface area contributed by atoms with Crippen LogP contribution >= 0.6 is 0 Å². The predicted molar refractivity (Wildman–Crippen MR) is 101 cm³/mol. The van der Waals surface area contributed by atoms with Crippen molar-refractivity contribution < 1.29 is 4.79 Å². The molecule has 1 atom stereocenters. The van der Waals surface area contributed by atoms with Crippen LogP contribution < -0.4 is 10.2 Å². The minimum absolute atomic E-state index is 0.0520. The van der Waals surface area contributed by atoms with Crippen LogP contribution in [0.3, 0.4) is 0 Å². The van der Waals surface area contributed by atoms with E-state index < -0.39 is 0 Å². The van der Waals surface area contributed by atoms with E-state index in [9.17, 15) is 4.79 Å². The van der Waals surface area contributed by atoms with Crippen LogP contribution in [0.1, 0.15) is 18.1 Å². The van der Waals surface area contributed by atoms with Crippen LogP contribution in [0.4, 0.5) is 11.6 Å². The van der Waals surface area contributed by atoms with Crippen LogP contribution in [0.5, 0.6) is 0 Å². The van der Waals surface area contributed by atoms with Crippen LogP contribution in [-0.2, 0) is 17.8 Å². The molecule has 0 saturated heterocycles. The Morgan fingerprint density at radius 1 is 1.19 bits per heavy atom. The molecular formula is C20H21N5O. The van der Waals surface area contributed by atoms with Crippen LogP contribution in [0, 0.1) is 0 Å². The molecule has 1 amide bonds. The van der Waals surface area contributed by atoms with Crippen molar-refractivity contribution in [3.05, 3.63) is 72.3 Å². The molecule has 0 saturated carbocycles. The molecule has 6 nitrogen and oxygen atoms in total. The summed E-state index contributed by atoms with van der Waals surface area (Å²) in [5.41, 5.74) is 3.55. The molecule has 0 bridgehead atoms. The quantitative estimate of drug-likeness (QED) is 0.771. The minimum Gasteiger partial charge on any atom is -0.359 e. The lowest BCUT2D eigenvalue weighted by Crippen LogP contribution is -2.41. The zero-order valence-corrected chi connectivity index (χ0v) is 14.7. The number of aromatic nitrogens is 3. The van der Waals surface area contributed by atoms with Gasteiger partial charge in [-0.2, -0.15) is 0 Å². The number of pyridine rings is 1. The van der Waals surface area contributed by atoms with Crippen molar-refractivity contribution in [2.75, 3.05) is 16.8 Å². The Hall–Kier alpha value is -3.15. The van der Waals surface area contributed by atoms with Gasteiger partial charge >= 0.3 is 0 Å². The zero-order chi connectivity index (χ0) is 17.9. The molecule has 2 aromatic heterocycles. The molecule has 1 unspecified atom stereocenters. The smallest absolute Gasteiger partial charge is 0.249 e. The van der Waals surface area contributed by atoms with Gasteiger partial charge in [0.25, 0.3) is 0 Å². The molecule has 0 aliphatic carbocycles. The van der Waals surface area contributed by atoms with Gasteiger partial charge in [-0.05, 0) is 42.7 Å².